The number of rotatable bonds is 7. The average molecular weight is 383 g/mol. The lowest BCUT2D eigenvalue weighted by Gasteiger charge is -2.37. The number of benzene rings is 2. The van der Waals surface area contributed by atoms with E-state index in [9.17, 15) is 4.79 Å². The van der Waals surface area contributed by atoms with Gasteiger partial charge in [-0.3, -0.25) is 4.79 Å². The van der Waals surface area contributed by atoms with Crippen molar-refractivity contribution in [3.8, 4) is 11.5 Å². The lowest BCUT2D eigenvalue weighted by Crippen LogP contribution is -2.48. The summed E-state index contributed by atoms with van der Waals surface area (Å²) < 4.78 is 16.3. The van der Waals surface area contributed by atoms with Crippen LogP contribution in [0, 0.1) is 0 Å². The summed E-state index contributed by atoms with van der Waals surface area (Å²) in [5.74, 6) is 1.40. The highest BCUT2D eigenvalue weighted by atomic mass is 16.5. The van der Waals surface area contributed by atoms with E-state index in [2.05, 4.69) is 12.2 Å². The van der Waals surface area contributed by atoms with Crippen molar-refractivity contribution in [3.63, 3.8) is 0 Å². The standard InChI is InChI=1S/C23H29NO4/c1-4-19(17-10-11-20(26-2)21(16-17)27-3)24-22(25)23(12-14-28-15-13-23)18-8-6-5-7-9-18/h5-11,16,19H,4,12-15H2,1-3H3,(H,24,25)/t19-/m0/s1. The van der Waals surface area contributed by atoms with Crippen LogP contribution in [0.4, 0.5) is 0 Å². The molecule has 0 spiro atoms. The lowest BCUT2D eigenvalue weighted by molar-refractivity contribution is -0.131. The van der Waals surface area contributed by atoms with E-state index in [4.69, 9.17) is 14.2 Å². The SMILES string of the molecule is CC[C@H](NC(=O)C1(c2ccccc2)CCOCC1)c1ccc(OC)c(OC)c1. The van der Waals surface area contributed by atoms with Crippen molar-refractivity contribution in [3.05, 3.63) is 59.7 Å². The van der Waals surface area contributed by atoms with Crippen molar-refractivity contribution in [1.82, 2.24) is 5.32 Å². The Kier molecular flexibility index (Phi) is 6.57. The van der Waals surface area contributed by atoms with Gasteiger partial charge in [0, 0.05) is 13.2 Å². The van der Waals surface area contributed by atoms with Crippen molar-refractivity contribution >= 4 is 5.91 Å². The van der Waals surface area contributed by atoms with Crippen LogP contribution in [0.1, 0.15) is 43.4 Å². The van der Waals surface area contributed by atoms with Gasteiger partial charge in [0.2, 0.25) is 5.91 Å². The van der Waals surface area contributed by atoms with Crippen LogP contribution in [0.15, 0.2) is 48.5 Å². The predicted molar refractivity (Wildman–Crippen MR) is 109 cm³/mol. The highest BCUT2D eigenvalue weighted by Gasteiger charge is 2.42. The van der Waals surface area contributed by atoms with E-state index < -0.39 is 5.41 Å². The highest BCUT2D eigenvalue weighted by Crippen LogP contribution is 2.37. The largest absolute Gasteiger partial charge is 0.493 e. The van der Waals surface area contributed by atoms with Gasteiger partial charge in [0.1, 0.15) is 0 Å². The van der Waals surface area contributed by atoms with Crippen LogP contribution < -0.4 is 14.8 Å². The predicted octanol–water partition coefficient (Wildman–Crippen LogP) is 4.02. The molecule has 0 aromatic heterocycles. The first kappa shape index (κ1) is 20.2. The second-order valence-corrected chi connectivity index (χ2v) is 7.11. The summed E-state index contributed by atoms with van der Waals surface area (Å²) in [6.07, 6.45) is 2.15. The van der Waals surface area contributed by atoms with E-state index >= 15 is 0 Å². The van der Waals surface area contributed by atoms with Crippen LogP contribution in [0.25, 0.3) is 0 Å². The Morgan fingerprint density at radius 3 is 2.36 bits per heavy atom. The zero-order chi connectivity index (χ0) is 20.0. The van der Waals surface area contributed by atoms with Gasteiger partial charge in [-0.25, -0.2) is 0 Å². The molecule has 1 amide bonds. The highest BCUT2D eigenvalue weighted by molar-refractivity contribution is 5.88. The fraction of sp³-hybridized carbons (Fsp3) is 0.435. The minimum Gasteiger partial charge on any atom is -0.493 e. The summed E-state index contributed by atoms with van der Waals surface area (Å²) in [5, 5.41) is 3.29. The van der Waals surface area contributed by atoms with Gasteiger partial charge >= 0.3 is 0 Å². The minimum atomic E-state index is -0.552. The number of nitrogens with one attached hydrogen (secondary N) is 1. The Morgan fingerprint density at radius 2 is 1.75 bits per heavy atom. The molecule has 0 radical (unpaired) electrons. The molecule has 1 fully saturated rings. The molecule has 2 aromatic rings. The van der Waals surface area contributed by atoms with Crippen LogP contribution in [0.2, 0.25) is 0 Å². The van der Waals surface area contributed by atoms with Gasteiger partial charge in [-0.2, -0.15) is 0 Å². The van der Waals surface area contributed by atoms with E-state index in [1.54, 1.807) is 14.2 Å². The fourth-order valence-electron chi connectivity index (χ4n) is 3.91. The first-order valence-electron chi connectivity index (χ1n) is 9.80. The summed E-state index contributed by atoms with van der Waals surface area (Å²) in [5.41, 5.74) is 1.51. The quantitative estimate of drug-likeness (QED) is 0.785. The molecule has 1 saturated heterocycles. The Morgan fingerprint density at radius 1 is 1.07 bits per heavy atom. The van der Waals surface area contributed by atoms with Crippen molar-refractivity contribution < 1.29 is 19.0 Å². The number of carbonyl (C=O) groups excluding carboxylic acids is 1. The van der Waals surface area contributed by atoms with Crippen molar-refractivity contribution in [2.45, 2.75) is 37.6 Å². The second kappa shape index (κ2) is 9.11. The summed E-state index contributed by atoms with van der Waals surface area (Å²) in [7, 11) is 3.24. The molecule has 0 aliphatic carbocycles. The minimum absolute atomic E-state index is 0.0589. The first-order valence-corrected chi connectivity index (χ1v) is 9.80. The van der Waals surface area contributed by atoms with E-state index in [0.717, 1.165) is 17.5 Å². The van der Waals surface area contributed by atoms with Gasteiger partial charge in [-0.05, 0) is 42.5 Å². The zero-order valence-corrected chi connectivity index (χ0v) is 16.9. The monoisotopic (exact) mass is 383 g/mol. The van der Waals surface area contributed by atoms with Gasteiger partial charge in [-0.1, -0.05) is 43.3 Å². The molecular formula is C23H29NO4. The van der Waals surface area contributed by atoms with Gasteiger partial charge in [0.25, 0.3) is 0 Å². The molecule has 2 aromatic carbocycles. The number of amides is 1. The number of methoxy groups -OCH3 is 2. The Bertz CT molecular complexity index is 784. The third kappa shape index (κ3) is 3.99. The van der Waals surface area contributed by atoms with E-state index in [1.807, 2.05) is 48.5 Å². The zero-order valence-electron chi connectivity index (χ0n) is 16.9. The molecule has 1 aliphatic rings. The van der Waals surface area contributed by atoms with Gasteiger partial charge < -0.3 is 19.5 Å². The molecule has 0 bridgehead atoms. The Hall–Kier alpha value is -2.53. The molecule has 3 rings (SSSR count). The third-order valence-corrected chi connectivity index (χ3v) is 5.63. The maximum Gasteiger partial charge on any atom is 0.231 e. The van der Waals surface area contributed by atoms with Gasteiger partial charge in [0.05, 0.1) is 25.7 Å². The maximum atomic E-state index is 13.5. The Labute approximate surface area is 167 Å². The van der Waals surface area contributed by atoms with Crippen LogP contribution >= 0.6 is 0 Å². The lowest BCUT2D eigenvalue weighted by atomic mass is 9.73. The number of carbonyl (C=O) groups is 1. The van der Waals surface area contributed by atoms with E-state index in [1.165, 1.54) is 0 Å². The van der Waals surface area contributed by atoms with Crippen LogP contribution in [0.3, 0.4) is 0 Å². The molecule has 5 nitrogen and oxygen atoms in total. The van der Waals surface area contributed by atoms with Crippen LogP contribution in [-0.4, -0.2) is 33.3 Å². The molecule has 1 heterocycles. The second-order valence-electron chi connectivity index (χ2n) is 7.11. The van der Waals surface area contributed by atoms with Crippen LogP contribution in [-0.2, 0) is 14.9 Å². The molecule has 5 heteroatoms. The van der Waals surface area contributed by atoms with Crippen molar-refractivity contribution in [2.24, 2.45) is 0 Å². The molecule has 0 saturated carbocycles. The normalized spacial score (nSPS) is 16.8. The van der Waals surface area contributed by atoms with Crippen LogP contribution in [0.5, 0.6) is 11.5 Å². The summed E-state index contributed by atoms with van der Waals surface area (Å²) in [6.45, 7) is 3.26. The molecular weight excluding hydrogens is 354 g/mol. The molecule has 1 N–H and O–H groups in total. The summed E-state index contributed by atoms with van der Waals surface area (Å²) in [4.78, 5) is 13.5. The number of hydrogen-bond acceptors (Lipinski definition) is 4. The third-order valence-electron chi connectivity index (χ3n) is 5.63. The molecule has 150 valence electrons. The van der Waals surface area contributed by atoms with Gasteiger partial charge in [-0.15, -0.1) is 0 Å². The molecule has 1 atom stereocenters. The Balaban J connectivity index is 1.88. The van der Waals surface area contributed by atoms with Crippen molar-refractivity contribution in [1.29, 1.82) is 0 Å². The van der Waals surface area contributed by atoms with E-state index in [0.29, 0.717) is 37.6 Å². The molecule has 28 heavy (non-hydrogen) atoms. The smallest absolute Gasteiger partial charge is 0.231 e. The van der Waals surface area contributed by atoms with Crippen molar-refractivity contribution in [2.75, 3.05) is 27.4 Å². The fourth-order valence-corrected chi connectivity index (χ4v) is 3.91. The van der Waals surface area contributed by atoms with Gasteiger partial charge in [0.15, 0.2) is 11.5 Å². The number of hydrogen-bond donors (Lipinski definition) is 1. The topological polar surface area (TPSA) is 56.8 Å². The summed E-state index contributed by atoms with van der Waals surface area (Å²) in [6, 6.07) is 15.7. The van der Waals surface area contributed by atoms with E-state index in [-0.39, 0.29) is 11.9 Å². The number of ether oxygens (including phenoxy) is 3. The molecule has 0 unspecified atom stereocenters. The average Bonchev–Trinajstić information content (AvgIpc) is 2.77. The summed E-state index contributed by atoms with van der Waals surface area (Å²) >= 11 is 0. The maximum absolute atomic E-state index is 13.5. The first-order chi connectivity index (χ1) is 13.6. The molecule has 1 aliphatic heterocycles.